The molecule has 2 unspecified atom stereocenters. The number of sulfonamides is 1. The van der Waals surface area contributed by atoms with Gasteiger partial charge in [-0.1, -0.05) is 28.1 Å². The number of nitrogens with zero attached hydrogens (tertiary/aromatic N) is 1. The predicted molar refractivity (Wildman–Crippen MR) is 87.5 cm³/mol. The van der Waals surface area contributed by atoms with Crippen LogP contribution < -0.4 is 0 Å². The van der Waals surface area contributed by atoms with Crippen molar-refractivity contribution in [3.8, 4) is 0 Å². The Bertz CT molecular complexity index is 601. The van der Waals surface area contributed by atoms with E-state index in [-0.39, 0.29) is 5.92 Å². The van der Waals surface area contributed by atoms with E-state index in [2.05, 4.69) is 15.9 Å². The lowest BCUT2D eigenvalue weighted by molar-refractivity contribution is 0.0210. The SMILES string of the molecule is CC(O)(CC1CCCN(S(C)(=O)=O)C1)c1cccc(Br)c1. The minimum absolute atomic E-state index is 0.183. The Kier molecular flexibility index (Phi) is 5.13. The molecule has 0 bridgehead atoms. The molecular formula is C15H22BrNO3S. The first-order valence-electron chi connectivity index (χ1n) is 7.12. The summed E-state index contributed by atoms with van der Waals surface area (Å²) in [4.78, 5) is 0. The highest BCUT2D eigenvalue weighted by molar-refractivity contribution is 9.10. The van der Waals surface area contributed by atoms with Crippen molar-refractivity contribution in [1.82, 2.24) is 4.31 Å². The maximum atomic E-state index is 11.7. The van der Waals surface area contributed by atoms with Gasteiger partial charge in [0.05, 0.1) is 11.9 Å². The number of piperidine rings is 1. The van der Waals surface area contributed by atoms with E-state index in [0.717, 1.165) is 22.9 Å². The topological polar surface area (TPSA) is 57.6 Å². The molecule has 2 rings (SSSR count). The van der Waals surface area contributed by atoms with Crippen molar-refractivity contribution in [2.45, 2.75) is 31.8 Å². The summed E-state index contributed by atoms with van der Waals surface area (Å²) in [7, 11) is -3.14. The first-order valence-corrected chi connectivity index (χ1v) is 9.76. The number of rotatable bonds is 4. The lowest BCUT2D eigenvalue weighted by Gasteiger charge is -2.35. The number of aliphatic hydroxyl groups is 1. The fraction of sp³-hybridized carbons (Fsp3) is 0.600. The van der Waals surface area contributed by atoms with Gasteiger partial charge in [-0.2, -0.15) is 0 Å². The van der Waals surface area contributed by atoms with Crippen molar-refractivity contribution >= 4 is 26.0 Å². The lowest BCUT2D eigenvalue weighted by atomic mass is 9.83. The number of halogens is 1. The largest absolute Gasteiger partial charge is 0.385 e. The van der Waals surface area contributed by atoms with Gasteiger partial charge in [-0.15, -0.1) is 0 Å². The molecule has 6 heteroatoms. The van der Waals surface area contributed by atoms with Crippen LogP contribution in [0.15, 0.2) is 28.7 Å². The van der Waals surface area contributed by atoms with E-state index in [1.54, 1.807) is 6.92 Å². The van der Waals surface area contributed by atoms with Crippen molar-refractivity contribution < 1.29 is 13.5 Å². The standard InChI is InChI=1S/C15H22BrNO3S/c1-15(18,13-6-3-7-14(16)9-13)10-12-5-4-8-17(11-12)21(2,19)20/h3,6-7,9,12,18H,4-5,8,10-11H2,1-2H3. The predicted octanol–water partition coefficient (Wildman–Crippen LogP) is 2.72. The van der Waals surface area contributed by atoms with Crippen LogP contribution in [0.3, 0.4) is 0 Å². The fourth-order valence-electron chi connectivity index (χ4n) is 3.00. The van der Waals surface area contributed by atoms with Gasteiger partial charge >= 0.3 is 0 Å². The van der Waals surface area contributed by atoms with Gasteiger partial charge in [-0.25, -0.2) is 12.7 Å². The highest BCUT2D eigenvalue weighted by atomic mass is 79.9. The van der Waals surface area contributed by atoms with Crippen LogP contribution >= 0.6 is 15.9 Å². The Morgan fingerprint density at radius 3 is 2.81 bits per heavy atom. The first kappa shape index (κ1) is 16.9. The van der Waals surface area contributed by atoms with Gasteiger partial charge < -0.3 is 5.11 Å². The molecular weight excluding hydrogens is 354 g/mol. The fourth-order valence-corrected chi connectivity index (χ4v) is 4.34. The Labute approximate surface area is 135 Å². The van der Waals surface area contributed by atoms with Gasteiger partial charge in [0.2, 0.25) is 10.0 Å². The normalized spacial score (nSPS) is 23.7. The molecule has 0 radical (unpaired) electrons. The molecule has 0 saturated carbocycles. The summed E-state index contributed by atoms with van der Waals surface area (Å²) < 4.78 is 25.8. The molecule has 1 heterocycles. The monoisotopic (exact) mass is 375 g/mol. The molecule has 118 valence electrons. The summed E-state index contributed by atoms with van der Waals surface area (Å²) in [6.45, 7) is 2.89. The molecule has 2 atom stereocenters. The quantitative estimate of drug-likeness (QED) is 0.879. The molecule has 1 N–H and O–H groups in total. The van der Waals surface area contributed by atoms with Crippen molar-refractivity contribution in [3.63, 3.8) is 0 Å². The zero-order chi connectivity index (χ0) is 15.7. The molecule has 1 fully saturated rings. The van der Waals surface area contributed by atoms with E-state index >= 15 is 0 Å². The van der Waals surface area contributed by atoms with Crippen molar-refractivity contribution in [3.05, 3.63) is 34.3 Å². The average molecular weight is 376 g/mol. The van der Waals surface area contributed by atoms with E-state index in [9.17, 15) is 13.5 Å². The van der Waals surface area contributed by atoms with Gasteiger partial charge in [-0.05, 0) is 49.8 Å². The van der Waals surface area contributed by atoms with Crippen LogP contribution in [0.4, 0.5) is 0 Å². The van der Waals surface area contributed by atoms with Crippen LogP contribution in [0.5, 0.6) is 0 Å². The van der Waals surface area contributed by atoms with Crippen LogP contribution in [-0.4, -0.2) is 37.2 Å². The van der Waals surface area contributed by atoms with Crippen LogP contribution in [0, 0.1) is 5.92 Å². The zero-order valence-corrected chi connectivity index (χ0v) is 14.8. The smallest absolute Gasteiger partial charge is 0.211 e. The molecule has 21 heavy (non-hydrogen) atoms. The summed E-state index contributed by atoms with van der Waals surface area (Å²) in [6, 6.07) is 7.64. The minimum Gasteiger partial charge on any atom is -0.385 e. The summed E-state index contributed by atoms with van der Waals surface area (Å²) in [5, 5.41) is 10.8. The molecule has 4 nitrogen and oxygen atoms in total. The molecule has 0 aliphatic carbocycles. The number of hydrogen-bond donors (Lipinski definition) is 1. The molecule has 1 aromatic carbocycles. The third-order valence-corrected chi connectivity index (χ3v) is 5.85. The highest BCUT2D eigenvalue weighted by Crippen LogP contribution is 2.33. The van der Waals surface area contributed by atoms with E-state index in [0.29, 0.717) is 19.5 Å². The summed E-state index contributed by atoms with van der Waals surface area (Å²) in [5.74, 6) is 0.183. The van der Waals surface area contributed by atoms with Gasteiger partial charge in [0.25, 0.3) is 0 Å². The molecule has 1 aliphatic rings. The maximum Gasteiger partial charge on any atom is 0.211 e. The maximum absolute atomic E-state index is 11.7. The minimum atomic E-state index is -3.14. The van der Waals surface area contributed by atoms with Crippen molar-refractivity contribution in [1.29, 1.82) is 0 Å². The Hall–Kier alpha value is -0.430. The Morgan fingerprint density at radius 2 is 2.19 bits per heavy atom. The Balaban J connectivity index is 2.09. The summed E-state index contributed by atoms with van der Waals surface area (Å²) in [5.41, 5.74) is -0.0945. The van der Waals surface area contributed by atoms with E-state index in [4.69, 9.17) is 0 Å². The van der Waals surface area contributed by atoms with E-state index < -0.39 is 15.6 Å². The first-order chi connectivity index (χ1) is 9.68. The van der Waals surface area contributed by atoms with Gasteiger partial charge in [-0.3, -0.25) is 0 Å². The van der Waals surface area contributed by atoms with E-state index in [1.807, 2.05) is 24.3 Å². The van der Waals surface area contributed by atoms with Gasteiger partial charge in [0.15, 0.2) is 0 Å². The molecule has 1 aliphatic heterocycles. The third kappa shape index (κ3) is 4.52. The lowest BCUT2D eigenvalue weighted by Crippen LogP contribution is -2.41. The van der Waals surface area contributed by atoms with Gasteiger partial charge in [0, 0.05) is 17.6 Å². The highest BCUT2D eigenvalue weighted by Gasteiger charge is 2.32. The van der Waals surface area contributed by atoms with Crippen LogP contribution in [-0.2, 0) is 15.6 Å². The second-order valence-electron chi connectivity index (χ2n) is 6.12. The van der Waals surface area contributed by atoms with Crippen LogP contribution in [0.1, 0.15) is 31.7 Å². The second kappa shape index (κ2) is 6.36. The molecule has 0 aromatic heterocycles. The summed E-state index contributed by atoms with van der Waals surface area (Å²) >= 11 is 3.42. The average Bonchev–Trinajstić information content (AvgIpc) is 2.37. The molecule has 1 aromatic rings. The second-order valence-corrected chi connectivity index (χ2v) is 9.02. The number of hydrogen-bond acceptors (Lipinski definition) is 3. The number of benzene rings is 1. The van der Waals surface area contributed by atoms with Crippen LogP contribution in [0.2, 0.25) is 0 Å². The molecule has 0 amide bonds. The van der Waals surface area contributed by atoms with Crippen LogP contribution in [0.25, 0.3) is 0 Å². The van der Waals surface area contributed by atoms with Crippen molar-refractivity contribution in [2.75, 3.05) is 19.3 Å². The zero-order valence-electron chi connectivity index (χ0n) is 12.4. The summed E-state index contributed by atoms with van der Waals surface area (Å²) in [6.07, 6.45) is 3.62. The van der Waals surface area contributed by atoms with Crippen molar-refractivity contribution in [2.24, 2.45) is 5.92 Å². The Morgan fingerprint density at radius 1 is 1.48 bits per heavy atom. The molecule has 1 saturated heterocycles. The molecule has 0 spiro atoms. The third-order valence-electron chi connectivity index (χ3n) is 4.08. The van der Waals surface area contributed by atoms with Gasteiger partial charge in [0.1, 0.15) is 0 Å². The van der Waals surface area contributed by atoms with E-state index in [1.165, 1.54) is 10.6 Å².